The highest BCUT2D eigenvalue weighted by molar-refractivity contribution is 6.22. The lowest BCUT2D eigenvalue weighted by atomic mass is 10.0. The number of amides is 1. The smallest absolute Gasteiger partial charge is 0.366 e. The number of nitrogens with zero attached hydrogens (tertiary/aromatic N) is 5. The maximum atomic E-state index is 13.7. The van der Waals surface area contributed by atoms with Crippen molar-refractivity contribution in [2.45, 2.75) is 19.0 Å². The molecule has 0 spiro atoms. The lowest BCUT2D eigenvalue weighted by Crippen LogP contribution is -2.23. The fraction of sp³-hybridized carbons (Fsp3) is 0.167. The first kappa shape index (κ1) is 21.8. The van der Waals surface area contributed by atoms with Crippen LogP contribution in [0.1, 0.15) is 23.6 Å². The first-order valence-corrected chi connectivity index (χ1v) is 8.42. The molecule has 3 aromatic rings. The van der Waals surface area contributed by atoms with Crippen LogP contribution in [0.3, 0.4) is 0 Å². The molecule has 162 valence electrons. The molecule has 0 aliphatic carbocycles. The minimum atomic E-state index is -4.94. The Balaban J connectivity index is 2.15. The molecular formula is C18H13F5N6O2. The van der Waals surface area contributed by atoms with Crippen molar-refractivity contribution in [2.24, 2.45) is 5.73 Å². The summed E-state index contributed by atoms with van der Waals surface area (Å²) in [4.78, 5) is 31.8. The zero-order valence-electron chi connectivity index (χ0n) is 15.6. The van der Waals surface area contributed by atoms with E-state index in [4.69, 9.17) is 5.73 Å². The van der Waals surface area contributed by atoms with E-state index in [1.54, 1.807) is 0 Å². The molecule has 8 nitrogen and oxygen atoms in total. The van der Waals surface area contributed by atoms with E-state index in [1.165, 1.54) is 18.7 Å². The Labute approximate surface area is 170 Å². The Morgan fingerprint density at radius 1 is 1.06 bits per heavy atom. The number of alkyl halides is 5. The number of halogens is 5. The van der Waals surface area contributed by atoms with Gasteiger partial charge in [0.05, 0.1) is 16.8 Å². The van der Waals surface area contributed by atoms with Gasteiger partial charge in [-0.3, -0.25) is 9.36 Å². The van der Waals surface area contributed by atoms with Crippen molar-refractivity contribution >= 4 is 17.7 Å². The minimum absolute atomic E-state index is 0.168. The third-order valence-corrected chi connectivity index (χ3v) is 4.10. The molecule has 0 atom stereocenters. The zero-order valence-corrected chi connectivity index (χ0v) is 15.6. The van der Waals surface area contributed by atoms with Gasteiger partial charge in [-0.1, -0.05) is 0 Å². The second-order valence-electron chi connectivity index (χ2n) is 6.42. The Hall–Kier alpha value is -3.90. The molecule has 31 heavy (non-hydrogen) atoms. The summed E-state index contributed by atoms with van der Waals surface area (Å²) in [6.07, 6.45) is 0.632. The van der Waals surface area contributed by atoms with Crippen LogP contribution in [-0.2, 0) is 16.9 Å². The lowest BCUT2D eigenvalue weighted by Gasteiger charge is -2.15. The monoisotopic (exact) mass is 440 g/mol. The Kier molecular flexibility index (Phi) is 5.44. The predicted molar refractivity (Wildman–Crippen MR) is 97.8 cm³/mol. The highest BCUT2D eigenvalue weighted by Crippen LogP contribution is 2.35. The number of hydrogen-bond acceptors (Lipinski definition) is 5. The highest BCUT2D eigenvalue weighted by Gasteiger charge is 2.35. The highest BCUT2D eigenvalue weighted by atomic mass is 19.4. The molecule has 0 bridgehead atoms. The maximum Gasteiger partial charge on any atom is 0.416 e. The van der Waals surface area contributed by atoms with Gasteiger partial charge in [0.1, 0.15) is 12.7 Å². The first-order chi connectivity index (χ1) is 14.4. The quantitative estimate of drug-likeness (QED) is 0.484. The molecule has 2 heterocycles. The van der Waals surface area contributed by atoms with Crippen molar-refractivity contribution in [3.8, 4) is 5.69 Å². The van der Waals surface area contributed by atoms with E-state index in [0.717, 1.165) is 23.2 Å². The molecule has 3 rings (SSSR count). The Morgan fingerprint density at radius 2 is 1.68 bits per heavy atom. The number of benzene rings is 1. The van der Waals surface area contributed by atoms with Gasteiger partial charge in [0, 0.05) is 36.6 Å². The molecule has 0 aliphatic heterocycles. The summed E-state index contributed by atoms with van der Waals surface area (Å²) < 4.78 is 68.2. The van der Waals surface area contributed by atoms with Gasteiger partial charge in [0.15, 0.2) is 0 Å². The lowest BCUT2D eigenvalue weighted by molar-refractivity contribution is -0.137. The van der Waals surface area contributed by atoms with E-state index in [-0.39, 0.29) is 11.1 Å². The summed E-state index contributed by atoms with van der Waals surface area (Å²) in [7, 11) is 0. The standard InChI is InChI=1S/C18H13F5N6O2/c1-17(19,20)11-2-12(18(21,22)23)4-13(3-11)29-16(31)28(9-27-29)7-14(15(24)30)10-5-25-8-26-6-10/h2-9H,1H3,(H2,24,30)/b14-7+. The number of nitrogens with two attached hydrogens (primary N) is 1. The molecule has 2 aromatic heterocycles. The van der Waals surface area contributed by atoms with Crippen molar-refractivity contribution in [3.05, 3.63) is 70.4 Å². The van der Waals surface area contributed by atoms with Gasteiger partial charge in [-0.15, -0.1) is 0 Å². The molecule has 0 fully saturated rings. The minimum Gasteiger partial charge on any atom is -0.366 e. The van der Waals surface area contributed by atoms with E-state index < -0.39 is 40.5 Å². The fourth-order valence-corrected chi connectivity index (χ4v) is 2.59. The van der Waals surface area contributed by atoms with Crippen LogP contribution >= 0.6 is 0 Å². The SMILES string of the molecule is CC(F)(F)c1cc(-n2ncn(/C=C(/C(N)=O)c3cncnc3)c2=O)cc(C(F)(F)F)c1. The van der Waals surface area contributed by atoms with E-state index in [9.17, 15) is 31.5 Å². The van der Waals surface area contributed by atoms with E-state index in [2.05, 4.69) is 15.1 Å². The average molecular weight is 440 g/mol. The molecule has 0 unspecified atom stereocenters. The van der Waals surface area contributed by atoms with Gasteiger partial charge in [0.25, 0.3) is 11.8 Å². The van der Waals surface area contributed by atoms with E-state index in [1.807, 2.05) is 0 Å². The normalized spacial score (nSPS) is 12.8. The number of rotatable bonds is 5. The molecule has 0 saturated carbocycles. The van der Waals surface area contributed by atoms with Crippen LogP contribution < -0.4 is 11.4 Å². The van der Waals surface area contributed by atoms with Crippen molar-refractivity contribution in [2.75, 3.05) is 0 Å². The van der Waals surface area contributed by atoms with Gasteiger partial charge in [-0.25, -0.2) is 23.5 Å². The molecule has 2 N–H and O–H groups in total. The van der Waals surface area contributed by atoms with Crippen LogP contribution in [0.5, 0.6) is 0 Å². The van der Waals surface area contributed by atoms with E-state index >= 15 is 0 Å². The summed E-state index contributed by atoms with van der Waals surface area (Å²) in [5, 5.41) is 3.67. The van der Waals surface area contributed by atoms with E-state index in [0.29, 0.717) is 23.7 Å². The topological polar surface area (TPSA) is 109 Å². The van der Waals surface area contributed by atoms with Crippen molar-refractivity contribution < 1.29 is 26.7 Å². The van der Waals surface area contributed by atoms with Gasteiger partial charge in [-0.2, -0.15) is 23.0 Å². The molecule has 0 saturated heterocycles. The van der Waals surface area contributed by atoms with Gasteiger partial charge >= 0.3 is 11.9 Å². The summed E-state index contributed by atoms with van der Waals surface area (Å²) in [5.41, 5.74) is 1.40. The molecule has 1 amide bonds. The zero-order chi connectivity index (χ0) is 23.0. The van der Waals surface area contributed by atoms with Crippen LogP contribution in [-0.4, -0.2) is 30.2 Å². The fourth-order valence-electron chi connectivity index (χ4n) is 2.59. The van der Waals surface area contributed by atoms with Crippen LogP contribution in [0.4, 0.5) is 22.0 Å². The van der Waals surface area contributed by atoms with Gasteiger partial charge in [-0.05, 0) is 18.2 Å². The predicted octanol–water partition coefficient (Wildman–Crippen LogP) is 2.44. The second kappa shape index (κ2) is 7.74. The number of carbonyl (C=O) groups is 1. The van der Waals surface area contributed by atoms with Gasteiger partial charge < -0.3 is 5.73 Å². The summed E-state index contributed by atoms with van der Waals surface area (Å²) in [6.45, 7) is 0.428. The molecule has 13 heteroatoms. The van der Waals surface area contributed by atoms with Crippen LogP contribution in [0.25, 0.3) is 17.5 Å². The van der Waals surface area contributed by atoms with Crippen LogP contribution in [0.15, 0.2) is 48.0 Å². The second-order valence-corrected chi connectivity index (χ2v) is 6.42. The largest absolute Gasteiger partial charge is 0.416 e. The number of primary amides is 1. The van der Waals surface area contributed by atoms with Crippen molar-refractivity contribution in [1.82, 2.24) is 24.3 Å². The van der Waals surface area contributed by atoms with Gasteiger partial charge in [0.2, 0.25) is 0 Å². The summed E-state index contributed by atoms with van der Waals surface area (Å²) in [6, 6.07) is 1.53. The number of hydrogen-bond donors (Lipinski definition) is 1. The summed E-state index contributed by atoms with van der Waals surface area (Å²) >= 11 is 0. The van der Waals surface area contributed by atoms with Crippen LogP contribution in [0.2, 0.25) is 0 Å². The average Bonchev–Trinajstić information content (AvgIpc) is 3.05. The van der Waals surface area contributed by atoms with Crippen molar-refractivity contribution in [3.63, 3.8) is 0 Å². The Morgan fingerprint density at radius 3 is 2.23 bits per heavy atom. The number of carbonyl (C=O) groups excluding carboxylic acids is 1. The van der Waals surface area contributed by atoms with Crippen molar-refractivity contribution in [1.29, 1.82) is 0 Å². The molecular weight excluding hydrogens is 427 g/mol. The molecule has 1 aromatic carbocycles. The maximum absolute atomic E-state index is 13.7. The number of aromatic nitrogens is 5. The molecule has 0 aliphatic rings. The van der Waals surface area contributed by atoms with Crippen LogP contribution in [0, 0.1) is 0 Å². The molecule has 0 radical (unpaired) electrons. The summed E-state index contributed by atoms with van der Waals surface area (Å²) in [5.74, 6) is -4.55. The third kappa shape index (κ3) is 4.65. The third-order valence-electron chi connectivity index (χ3n) is 4.10. The Bertz CT molecular complexity index is 1180. The first-order valence-electron chi connectivity index (χ1n) is 8.42.